The van der Waals surface area contributed by atoms with Crippen molar-refractivity contribution in [2.45, 2.75) is 37.8 Å². The SMILES string of the molecule is C#CO.COC(=O)N1CCC(F)(c2cc(Cl)c[nH]c2=O)CC1.FC(F)c1nc(N2CCCC2)c2oc3ccccc3c2n1. The van der Waals surface area contributed by atoms with Crippen molar-refractivity contribution in [1.82, 2.24) is 19.9 Å². The Kier molecular flexibility index (Phi) is 10.0. The van der Waals surface area contributed by atoms with E-state index in [0.29, 0.717) is 22.5 Å². The molecular weight excluding hydrogens is 591 g/mol. The molecule has 14 heteroatoms. The van der Waals surface area contributed by atoms with E-state index in [1.165, 1.54) is 30.4 Å². The van der Waals surface area contributed by atoms with Crippen molar-refractivity contribution in [3.05, 3.63) is 63.3 Å². The first-order valence-corrected chi connectivity index (χ1v) is 13.7. The number of para-hydroxylation sites is 1. The third-order valence-electron chi connectivity index (χ3n) is 7.16. The average molecular weight is 620 g/mol. The van der Waals surface area contributed by atoms with Crippen LogP contribution in [0.2, 0.25) is 5.02 Å². The molecule has 228 valence electrons. The maximum atomic E-state index is 14.8. The lowest BCUT2D eigenvalue weighted by Gasteiger charge is -2.35. The van der Waals surface area contributed by atoms with Crippen LogP contribution in [0.15, 0.2) is 45.7 Å². The van der Waals surface area contributed by atoms with Crippen molar-refractivity contribution < 1.29 is 32.2 Å². The van der Waals surface area contributed by atoms with Crippen molar-refractivity contribution in [3.8, 4) is 12.5 Å². The first-order valence-electron chi connectivity index (χ1n) is 13.3. The number of rotatable bonds is 3. The normalized spacial score (nSPS) is 15.8. The lowest BCUT2D eigenvalue weighted by Crippen LogP contribution is -2.45. The molecule has 2 fully saturated rings. The number of furan rings is 1. The van der Waals surface area contributed by atoms with Crippen LogP contribution in [-0.4, -0.2) is 64.3 Å². The fourth-order valence-electron chi connectivity index (χ4n) is 5.07. The van der Waals surface area contributed by atoms with Gasteiger partial charge >= 0.3 is 6.09 Å². The molecule has 0 spiro atoms. The van der Waals surface area contributed by atoms with E-state index in [-0.39, 0.29) is 36.5 Å². The molecule has 2 aliphatic heterocycles. The van der Waals surface area contributed by atoms with Crippen LogP contribution in [0.25, 0.3) is 22.1 Å². The van der Waals surface area contributed by atoms with E-state index in [9.17, 15) is 22.8 Å². The minimum Gasteiger partial charge on any atom is -0.462 e. The zero-order valence-corrected chi connectivity index (χ0v) is 23.9. The molecule has 2 saturated heterocycles. The number of pyridine rings is 1. The molecule has 0 aliphatic carbocycles. The number of piperidine rings is 1. The minimum atomic E-state index is -2.69. The van der Waals surface area contributed by atoms with E-state index in [1.54, 1.807) is 0 Å². The molecule has 0 bridgehead atoms. The standard InChI is InChI=1S/C15H13F2N3O.C12H14ClFN2O3.C2H2O/c16-13(17)14-18-11-9-5-1-2-6-10(9)21-12(11)15(19-14)20-7-3-4-8-20;1-19-11(18)16-4-2-12(14,3-5-16)9-6-8(13)7-15-10(9)17;1-2-3/h1-2,5-6,13H,3-4,7-8H2;6-7H,2-5H2,1H3,(H,15,17);1,3H. The van der Waals surface area contributed by atoms with Gasteiger partial charge in [0.2, 0.25) is 0 Å². The number of benzene rings is 1. The van der Waals surface area contributed by atoms with Gasteiger partial charge < -0.3 is 29.0 Å². The molecule has 0 saturated carbocycles. The zero-order chi connectivity index (χ0) is 31.1. The van der Waals surface area contributed by atoms with Crippen molar-refractivity contribution in [2.75, 3.05) is 38.2 Å². The summed E-state index contributed by atoms with van der Waals surface area (Å²) in [6, 6.07) is 8.68. The van der Waals surface area contributed by atoms with Crippen LogP contribution in [0.5, 0.6) is 0 Å². The Balaban J connectivity index is 0.000000182. The molecule has 2 N–H and O–H groups in total. The highest BCUT2D eigenvalue weighted by molar-refractivity contribution is 6.30. The molecule has 43 heavy (non-hydrogen) atoms. The number of fused-ring (bicyclic) bond motifs is 3. The molecule has 10 nitrogen and oxygen atoms in total. The Morgan fingerprint density at radius 2 is 1.86 bits per heavy atom. The van der Waals surface area contributed by atoms with E-state index >= 15 is 0 Å². The summed E-state index contributed by atoms with van der Waals surface area (Å²) in [4.78, 5) is 36.9. The van der Waals surface area contributed by atoms with Gasteiger partial charge in [-0.25, -0.2) is 27.9 Å². The monoisotopic (exact) mass is 619 g/mol. The van der Waals surface area contributed by atoms with E-state index in [0.717, 1.165) is 31.3 Å². The molecule has 0 radical (unpaired) electrons. The largest absolute Gasteiger partial charge is 0.462 e. The van der Waals surface area contributed by atoms with Crippen LogP contribution in [0.4, 0.5) is 23.8 Å². The molecule has 0 atom stereocenters. The third-order valence-corrected chi connectivity index (χ3v) is 7.38. The number of hydrogen-bond donors (Lipinski definition) is 2. The number of hydrogen-bond acceptors (Lipinski definition) is 8. The lowest BCUT2D eigenvalue weighted by molar-refractivity contribution is 0.0479. The van der Waals surface area contributed by atoms with E-state index in [2.05, 4.69) is 26.1 Å². The number of carbonyl (C=O) groups excluding carboxylic acids is 1. The molecule has 2 aliphatic rings. The van der Waals surface area contributed by atoms with Gasteiger partial charge in [-0.1, -0.05) is 30.2 Å². The highest BCUT2D eigenvalue weighted by Gasteiger charge is 2.40. The summed E-state index contributed by atoms with van der Waals surface area (Å²) < 4.78 is 51.4. The van der Waals surface area contributed by atoms with E-state index in [4.69, 9.17) is 21.1 Å². The summed E-state index contributed by atoms with van der Waals surface area (Å²) >= 11 is 5.78. The number of anilines is 1. The van der Waals surface area contributed by atoms with Gasteiger partial charge in [0.05, 0.1) is 17.7 Å². The molecule has 6 rings (SSSR count). The molecule has 3 aromatic heterocycles. The Labute approximate surface area is 249 Å². The maximum absolute atomic E-state index is 14.8. The number of terminal acetylenes is 1. The zero-order valence-electron chi connectivity index (χ0n) is 23.2. The van der Waals surface area contributed by atoms with Crippen molar-refractivity contribution in [3.63, 3.8) is 0 Å². The number of nitrogens with one attached hydrogen (secondary N) is 1. The average Bonchev–Trinajstić information content (AvgIpc) is 3.67. The summed E-state index contributed by atoms with van der Waals surface area (Å²) in [6.45, 7) is 2.03. The topological polar surface area (TPSA) is 125 Å². The van der Waals surface area contributed by atoms with Gasteiger partial charge in [-0.05, 0) is 31.0 Å². The fourth-order valence-corrected chi connectivity index (χ4v) is 5.23. The van der Waals surface area contributed by atoms with Gasteiger partial charge in [0.15, 0.2) is 17.2 Å². The minimum absolute atomic E-state index is 0.0181. The number of carbonyl (C=O) groups is 1. The Morgan fingerprint density at radius 1 is 1.21 bits per heavy atom. The van der Waals surface area contributed by atoms with Crippen molar-refractivity contribution in [1.29, 1.82) is 0 Å². The number of halogens is 4. The summed E-state index contributed by atoms with van der Waals surface area (Å²) in [5, 5.41) is 8.12. The van der Waals surface area contributed by atoms with Crippen molar-refractivity contribution in [2.24, 2.45) is 0 Å². The summed E-state index contributed by atoms with van der Waals surface area (Å²) in [5.74, 6) is 0.0555. The van der Waals surface area contributed by atoms with Gasteiger partial charge in [0.25, 0.3) is 12.0 Å². The molecule has 0 unspecified atom stereocenters. The smallest absolute Gasteiger partial charge is 0.409 e. The molecule has 1 amide bonds. The fraction of sp³-hybridized carbons (Fsp3) is 0.379. The van der Waals surface area contributed by atoms with Crippen LogP contribution >= 0.6 is 11.6 Å². The summed E-state index contributed by atoms with van der Waals surface area (Å²) in [5.41, 5.74) is -0.611. The third kappa shape index (κ3) is 6.97. The Bertz CT molecular complexity index is 1670. The van der Waals surface area contributed by atoms with E-state index < -0.39 is 29.6 Å². The molecule has 5 heterocycles. The van der Waals surface area contributed by atoms with Crippen LogP contribution in [0, 0.1) is 12.5 Å². The van der Waals surface area contributed by atoms with E-state index in [1.807, 2.05) is 29.2 Å². The number of methoxy groups -OCH3 is 1. The number of aliphatic hydroxyl groups excluding tert-OH is 1. The van der Waals surface area contributed by atoms with Crippen LogP contribution in [0.3, 0.4) is 0 Å². The molecule has 1 aromatic carbocycles. The van der Waals surface area contributed by atoms with Gasteiger partial charge in [0, 0.05) is 50.6 Å². The number of aromatic amines is 1. The number of H-pyrrole nitrogens is 1. The second kappa shape index (κ2) is 13.7. The number of aromatic nitrogens is 3. The Hall–Kier alpha value is -4.44. The number of nitrogens with zero attached hydrogens (tertiary/aromatic N) is 4. The number of amides is 1. The van der Waals surface area contributed by atoms with Gasteiger partial charge in [0.1, 0.15) is 22.9 Å². The summed E-state index contributed by atoms with van der Waals surface area (Å²) in [6.07, 6.45) is 5.72. The lowest BCUT2D eigenvalue weighted by atomic mass is 9.87. The highest BCUT2D eigenvalue weighted by Crippen LogP contribution is 2.37. The van der Waals surface area contributed by atoms with Gasteiger partial charge in [-0.15, -0.1) is 0 Å². The second-order valence-corrected chi connectivity index (χ2v) is 10.2. The quantitative estimate of drug-likeness (QED) is 0.271. The molecular formula is C29H29ClF3N5O5. The van der Waals surface area contributed by atoms with Crippen molar-refractivity contribution >= 4 is 45.6 Å². The maximum Gasteiger partial charge on any atom is 0.409 e. The van der Waals surface area contributed by atoms with Crippen LogP contribution in [0.1, 0.15) is 43.5 Å². The summed E-state index contributed by atoms with van der Waals surface area (Å²) in [7, 11) is 1.28. The molecule has 4 aromatic rings. The van der Waals surface area contributed by atoms with Gasteiger partial charge in [-0.3, -0.25) is 4.79 Å². The number of likely N-dealkylation sites (tertiary alicyclic amines) is 1. The first kappa shape index (κ1) is 31.5. The van der Waals surface area contributed by atoms with Gasteiger partial charge in [-0.2, -0.15) is 0 Å². The number of alkyl halides is 3. The Morgan fingerprint density at radius 3 is 2.49 bits per heavy atom. The van der Waals surface area contributed by atoms with Crippen LogP contribution < -0.4 is 10.5 Å². The highest BCUT2D eigenvalue weighted by atomic mass is 35.5. The predicted octanol–water partition coefficient (Wildman–Crippen LogP) is 5.92. The number of ether oxygens (including phenoxy) is 1. The number of aliphatic hydroxyl groups is 1. The second-order valence-electron chi connectivity index (χ2n) is 9.79. The first-order chi connectivity index (χ1) is 20.6. The predicted molar refractivity (Wildman–Crippen MR) is 155 cm³/mol. The van der Waals surface area contributed by atoms with Crippen LogP contribution in [-0.2, 0) is 10.4 Å².